The summed E-state index contributed by atoms with van der Waals surface area (Å²) in [6, 6.07) is 3.92. The highest BCUT2D eigenvalue weighted by Gasteiger charge is 2.21. The average molecular weight is 386 g/mol. The van der Waals surface area contributed by atoms with Crippen LogP contribution in [-0.2, 0) is 4.79 Å². The topological polar surface area (TPSA) is 75.4 Å². The SMILES string of the molecule is NCC1CCN(C(=O)CCNC(=O)c2cc(F)ccc2Br)CC1. The summed E-state index contributed by atoms with van der Waals surface area (Å²) in [5, 5.41) is 2.65. The molecule has 0 spiro atoms. The van der Waals surface area contributed by atoms with E-state index in [9.17, 15) is 14.0 Å². The maximum atomic E-state index is 13.2. The molecule has 7 heteroatoms. The van der Waals surface area contributed by atoms with Crippen molar-refractivity contribution in [3.63, 3.8) is 0 Å². The van der Waals surface area contributed by atoms with Gasteiger partial charge in [0.15, 0.2) is 0 Å². The quantitative estimate of drug-likeness (QED) is 0.812. The van der Waals surface area contributed by atoms with Gasteiger partial charge in [0.25, 0.3) is 5.91 Å². The lowest BCUT2D eigenvalue weighted by Crippen LogP contribution is -2.41. The van der Waals surface area contributed by atoms with Gasteiger partial charge in [0.2, 0.25) is 5.91 Å². The molecule has 2 rings (SSSR count). The van der Waals surface area contributed by atoms with E-state index in [1.54, 1.807) is 0 Å². The summed E-state index contributed by atoms with van der Waals surface area (Å²) in [6.45, 7) is 2.35. The van der Waals surface area contributed by atoms with E-state index in [4.69, 9.17) is 5.73 Å². The smallest absolute Gasteiger partial charge is 0.252 e. The van der Waals surface area contributed by atoms with Crippen molar-refractivity contribution in [1.82, 2.24) is 10.2 Å². The Morgan fingerprint density at radius 3 is 2.70 bits per heavy atom. The maximum Gasteiger partial charge on any atom is 0.252 e. The molecule has 2 amide bonds. The third-order valence-corrected chi connectivity index (χ3v) is 4.79. The number of hydrogen-bond donors (Lipinski definition) is 2. The van der Waals surface area contributed by atoms with E-state index in [1.807, 2.05) is 4.90 Å². The summed E-state index contributed by atoms with van der Waals surface area (Å²) in [4.78, 5) is 25.9. The van der Waals surface area contributed by atoms with E-state index in [2.05, 4.69) is 21.2 Å². The summed E-state index contributed by atoms with van der Waals surface area (Å²) in [7, 11) is 0. The highest BCUT2D eigenvalue weighted by molar-refractivity contribution is 9.10. The number of likely N-dealkylation sites (tertiary alicyclic amines) is 1. The normalized spacial score (nSPS) is 15.5. The van der Waals surface area contributed by atoms with E-state index >= 15 is 0 Å². The fourth-order valence-corrected chi connectivity index (χ4v) is 3.05. The minimum atomic E-state index is -0.475. The summed E-state index contributed by atoms with van der Waals surface area (Å²) < 4.78 is 13.7. The zero-order valence-electron chi connectivity index (χ0n) is 12.9. The first-order valence-corrected chi connectivity index (χ1v) is 8.51. The van der Waals surface area contributed by atoms with Crippen molar-refractivity contribution in [3.8, 4) is 0 Å². The predicted molar refractivity (Wildman–Crippen MR) is 89.4 cm³/mol. The van der Waals surface area contributed by atoms with Crippen molar-refractivity contribution in [2.24, 2.45) is 11.7 Å². The molecule has 0 radical (unpaired) electrons. The second-order valence-corrected chi connectivity index (χ2v) is 6.54. The van der Waals surface area contributed by atoms with E-state index in [0.717, 1.165) is 25.9 Å². The fourth-order valence-electron chi connectivity index (χ4n) is 2.63. The first-order chi connectivity index (χ1) is 11.0. The Kier molecular flexibility index (Phi) is 6.53. The van der Waals surface area contributed by atoms with E-state index in [0.29, 0.717) is 16.9 Å². The summed E-state index contributed by atoms with van der Waals surface area (Å²) in [6.07, 6.45) is 2.11. The number of hydrogen-bond acceptors (Lipinski definition) is 3. The number of halogens is 2. The number of nitrogens with two attached hydrogens (primary N) is 1. The van der Waals surface area contributed by atoms with Gasteiger partial charge in [-0.2, -0.15) is 0 Å². The Labute approximate surface area is 143 Å². The molecular formula is C16H21BrFN3O2. The zero-order valence-corrected chi connectivity index (χ0v) is 14.4. The lowest BCUT2D eigenvalue weighted by molar-refractivity contribution is -0.132. The Bertz CT molecular complexity index is 574. The molecule has 126 valence electrons. The van der Waals surface area contributed by atoms with Gasteiger partial charge in [0.1, 0.15) is 5.82 Å². The number of benzene rings is 1. The number of piperidine rings is 1. The van der Waals surface area contributed by atoms with Crippen LogP contribution in [-0.4, -0.2) is 42.9 Å². The average Bonchev–Trinajstić information content (AvgIpc) is 2.56. The van der Waals surface area contributed by atoms with Gasteiger partial charge in [0.05, 0.1) is 5.56 Å². The van der Waals surface area contributed by atoms with Gasteiger partial charge in [-0.15, -0.1) is 0 Å². The predicted octanol–water partition coefficient (Wildman–Crippen LogP) is 1.91. The molecule has 23 heavy (non-hydrogen) atoms. The number of carbonyl (C=O) groups excluding carboxylic acids is 2. The number of rotatable bonds is 5. The van der Waals surface area contributed by atoms with Crippen LogP contribution >= 0.6 is 15.9 Å². The number of nitrogens with one attached hydrogen (secondary N) is 1. The highest BCUT2D eigenvalue weighted by Crippen LogP contribution is 2.18. The molecule has 3 N–H and O–H groups in total. The third kappa shape index (κ3) is 5.00. The molecule has 0 bridgehead atoms. The molecule has 0 saturated carbocycles. The lowest BCUT2D eigenvalue weighted by atomic mass is 9.97. The molecule has 0 aliphatic carbocycles. The lowest BCUT2D eigenvalue weighted by Gasteiger charge is -2.31. The summed E-state index contributed by atoms with van der Waals surface area (Å²) in [5.41, 5.74) is 5.86. The molecule has 0 aromatic heterocycles. The molecule has 1 aromatic carbocycles. The Balaban J connectivity index is 1.77. The molecule has 1 aliphatic heterocycles. The van der Waals surface area contributed by atoms with E-state index < -0.39 is 11.7 Å². The van der Waals surface area contributed by atoms with Gasteiger partial charge >= 0.3 is 0 Å². The van der Waals surface area contributed by atoms with Crippen LogP contribution in [0.4, 0.5) is 4.39 Å². The van der Waals surface area contributed by atoms with Crippen LogP contribution in [0.2, 0.25) is 0 Å². The zero-order chi connectivity index (χ0) is 16.8. The van der Waals surface area contributed by atoms with Crippen LogP contribution in [0.5, 0.6) is 0 Å². The molecule has 5 nitrogen and oxygen atoms in total. The Morgan fingerprint density at radius 1 is 1.35 bits per heavy atom. The van der Waals surface area contributed by atoms with Crippen LogP contribution in [0.15, 0.2) is 22.7 Å². The van der Waals surface area contributed by atoms with Crippen LogP contribution in [0.1, 0.15) is 29.6 Å². The van der Waals surface area contributed by atoms with Gasteiger partial charge in [-0.25, -0.2) is 4.39 Å². The van der Waals surface area contributed by atoms with Crippen LogP contribution in [0.3, 0.4) is 0 Å². The second-order valence-electron chi connectivity index (χ2n) is 5.69. The molecule has 0 unspecified atom stereocenters. The van der Waals surface area contributed by atoms with Crippen molar-refractivity contribution >= 4 is 27.7 Å². The van der Waals surface area contributed by atoms with Crippen molar-refractivity contribution < 1.29 is 14.0 Å². The van der Waals surface area contributed by atoms with E-state index in [1.165, 1.54) is 18.2 Å². The molecule has 1 heterocycles. The number of carbonyl (C=O) groups is 2. The summed E-state index contributed by atoms with van der Waals surface area (Å²) >= 11 is 3.21. The largest absolute Gasteiger partial charge is 0.351 e. The minimum absolute atomic E-state index is 0.0269. The maximum absolute atomic E-state index is 13.2. The van der Waals surface area contributed by atoms with Gasteiger partial charge in [-0.1, -0.05) is 0 Å². The van der Waals surface area contributed by atoms with Gasteiger partial charge < -0.3 is 16.0 Å². The van der Waals surface area contributed by atoms with Gasteiger partial charge in [-0.05, 0) is 59.4 Å². The van der Waals surface area contributed by atoms with Crippen LogP contribution in [0.25, 0.3) is 0 Å². The Hall–Kier alpha value is -1.47. The minimum Gasteiger partial charge on any atom is -0.351 e. The van der Waals surface area contributed by atoms with Gasteiger partial charge in [-0.3, -0.25) is 9.59 Å². The van der Waals surface area contributed by atoms with Gasteiger partial charge in [0, 0.05) is 30.5 Å². The van der Waals surface area contributed by atoms with Crippen molar-refractivity contribution in [3.05, 3.63) is 34.1 Å². The van der Waals surface area contributed by atoms with E-state index in [-0.39, 0.29) is 24.4 Å². The van der Waals surface area contributed by atoms with Crippen molar-refractivity contribution in [2.45, 2.75) is 19.3 Å². The highest BCUT2D eigenvalue weighted by atomic mass is 79.9. The Morgan fingerprint density at radius 2 is 2.04 bits per heavy atom. The van der Waals surface area contributed by atoms with Crippen molar-refractivity contribution in [2.75, 3.05) is 26.2 Å². The van der Waals surface area contributed by atoms with Crippen molar-refractivity contribution in [1.29, 1.82) is 0 Å². The summed E-state index contributed by atoms with van der Waals surface area (Å²) in [5.74, 6) is -0.341. The third-order valence-electron chi connectivity index (χ3n) is 4.10. The molecular weight excluding hydrogens is 365 g/mol. The molecule has 1 saturated heterocycles. The molecule has 1 aromatic rings. The monoisotopic (exact) mass is 385 g/mol. The first kappa shape index (κ1) is 17.9. The molecule has 0 atom stereocenters. The standard InChI is InChI=1S/C16H21BrFN3O2/c17-14-2-1-12(18)9-13(14)16(23)20-6-3-15(22)21-7-4-11(10-19)5-8-21/h1-2,9,11H,3-8,10,19H2,(H,20,23). The first-order valence-electron chi connectivity index (χ1n) is 7.72. The van der Waals surface area contributed by atoms with Crippen LogP contribution < -0.4 is 11.1 Å². The number of nitrogens with zero attached hydrogens (tertiary/aromatic N) is 1. The number of amides is 2. The second kappa shape index (κ2) is 8.40. The van der Waals surface area contributed by atoms with Crippen LogP contribution in [0, 0.1) is 11.7 Å². The molecule has 1 fully saturated rings. The fraction of sp³-hybridized carbons (Fsp3) is 0.500. The molecule has 1 aliphatic rings.